The minimum atomic E-state index is -4.59. The zero-order valence-electron chi connectivity index (χ0n) is 19.1. The molecule has 186 valence electrons. The van der Waals surface area contributed by atoms with Crippen molar-refractivity contribution < 1.29 is 31.1 Å². The molecule has 0 atom stereocenters. The highest BCUT2D eigenvalue weighted by Crippen LogP contribution is 2.31. The van der Waals surface area contributed by atoms with Crippen molar-refractivity contribution in [3.8, 4) is 5.75 Å². The molecule has 6 nitrogen and oxygen atoms in total. The van der Waals surface area contributed by atoms with E-state index in [2.05, 4.69) is 10.0 Å². The van der Waals surface area contributed by atoms with Gasteiger partial charge in [0.05, 0.1) is 10.5 Å². The highest BCUT2D eigenvalue weighted by Gasteiger charge is 2.30. The van der Waals surface area contributed by atoms with E-state index in [1.165, 1.54) is 30.3 Å². The average Bonchev–Trinajstić information content (AvgIpc) is 2.82. The van der Waals surface area contributed by atoms with Gasteiger partial charge in [-0.05, 0) is 66.4 Å². The molecule has 0 aliphatic carbocycles. The fourth-order valence-electron chi connectivity index (χ4n) is 3.42. The van der Waals surface area contributed by atoms with Crippen LogP contribution in [-0.4, -0.2) is 20.9 Å². The Morgan fingerprint density at radius 2 is 1.51 bits per heavy atom. The minimum absolute atomic E-state index is 0.170. The third kappa shape index (κ3) is 6.75. The first-order chi connectivity index (χ1) is 16.5. The number of ether oxygens (including phenoxy) is 1. The molecule has 3 aromatic rings. The lowest BCUT2D eigenvalue weighted by Gasteiger charge is -2.15. The zero-order chi connectivity index (χ0) is 25.6. The predicted molar refractivity (Wildman–Crippen MR) is 128 cm³/mol. The number of nitrogens with one attached hydrogen (secondary N) is 2. The first-order valence-electron chi connectivity index (χ1n) is 10.9. The van der Waals surface area contributed by atoms with E-state index in [1.807, 2.05) is 32.0 Å². The van der Waals surface area contributed by atoms with Gasteiger partial charge >= 0.3 is 6.18 Å². The SMILES string of the molecule is CCc1cccc(CC)c1NC(=O)COc1ccc(S(=O)(=O)Nc2cccc(C(F)(F)F)c2)cc1. The second-order valence-electron chi connectivity index (χ2n) is 7.65. The summed E-state index contributed by atoms with van der Waals surface area (Å²) < 4.78 is 71.4. The molecule has 0 fully saturated rings. The van der Waals surface area contributed by atoms with Gasteiger partial charge in [-0.15, -0.1) is 0 Å². The molecular weight excluding hydrogens is 481 g/mol. The number of amides is 1. The smallest absolute Gasteiger partial charge is 0.416 e. The van der Waals surface area contributed by atoms with Crippen LogP contribution in [0.5, 0.6) is 5.75 Å². The molecule has 1 amide bonds. The van der Waals surface area contributed by atoms with E-state index in [-0.39, 0.29) is 28.8 Å². The van der Waals surface area contributed by atoms with Crippen molar-refractivity contribution in [2.75, 3.05) is 16.6 Å². The van der Waals surface area contributed by atoms with Crippen molar-refractivity contribution in [3.63, 3.8) is 0 Å². The molecule has 0 heterocycles. The van der Waals surface area contributed by atoms with E-state index in [1.54, 1.807) is 0 Å². The number of hydrogen-bond donors (Lipinski definition) is 2. The lowest BCUT2D eigenvalue weighted by atomic mass is 10.0. The molecule has 3 aromatic carbocycles. The van der Waals surface area contributed by atoms with Gasteiger partial charge in [-0.1, -0.05) is 38.1 Å². The minimum Gasteiger partial charge on any atom is -0.484 e. The van der Waals surface area contributed by atoms with Crippen molar-refractivity contribution in [3.05, 3.63) is 83.4 Å². The van der Waals surface area contributed by atoms with Crippen molar-refractivity contribution in [2.45, 2.75) is 37.8 Å². The van der Waals surface area contributed by atoms with Crippen LogP contribution in [0.25, 0.3) is 0 Å². The summed E-state index contributed by atoms with van der Waals surface area (Å²) in [5.74, 6) is -0.0961. The number of aryl methyl sites for hydroxylation is 2. The fourth-order valence-corrected chi connectivity index (χ4v) is 4.47. The van der Waals surface area contributed by atoms with Gasteiger partial charge < -0.3 is 10.1 Å². The number of benzene rings is 3. The van der Waals surface area contributed by atoms with Crippen LogP contribution in [-0.2, 0) is 33.8 Å². The van der Waals surface area contributed by atoms with Crippen LogP contribution in [0, 0.1) is 0 Å². The van der Waals surface area contributed by atoms with Crippen molar-refractivity contribution >= 4 is 27.3 Å². The zero-order valence-corrected chi connectivity index (χ0v) is 20.0. The van der Waals surface area contributed by atoms with Crippen LogP contribution in [0.15, 0.2) is 71.6 Å². The second kappa shape index (κ2) is 10.8. The number of alkyl halides is 3. The van der Waals surface area contributed by atoms with Gasteiger partial charge in [0.2, 0.25) is 0 Å². The van der Waals surface area contributed by atoms with Crippen LogP contribution in [0.3, 0.4) is 0 Å². The normalized spacial score (nSPS) is 11.7. The molecule has 35 heavy (non-hydrogen) atoms. The standard InChI is InChI=1S/C25H25F3N2O4S/c1-3-17-7-5-8-18(4-2)24(17)29-23(31)16-34-21-11-13-22(14-12-21)35(32,33)30-20-10-6-9-19(15-20)25(26,27)28/h5-15,30H,3-4,16H2,1-2H3,(H,29,31). The molecule has 2 N–H and O–H groups in total. The van der Waals surface area contributed by atoms with Gasteiger partial charge in [0, 0.05) is 11.4 Å². The quantitative estimate of drug-likeness (QED) is 0.393. The number of para-hydroxylation sites is 1. The number of hydrogen-bond acceptors (Lipinski definition) is 4. The first-order valence-corrected chi connectivity index (χ1v) is 12.4. The maximum absolute atomic E-state index is 12.9. The molecule has 0 aliphatic heterocycles. The maximum Gasteiger partial charge on any atom is 0.416 e. The molecule has 0 unspecified atom stereocenters. The number of sulfonamides is 1. The Morgan fingerprint density at radius 1 is 0.914 bits per heavy atom. The predicted octanol–water partition coefficient (Wildman–Crippen LogP) is 5.65. The van der Waals surface area contributed by atoms with Crippen LogP contribution >= 0.6 is 0 Å². The Kier molecular flexibility index (Phi) is 8.06. The van der Waals surface area contributed by atoms with E-state index in [9.17, 15) is 26.4 Å². The van der Waals surface area contributed by atoms with Crippen LogP contribution < -0.4 is 14.8 Å². The summed E-state index contributed by atoms with van der Waals surface area (Å²) in [4.78, 5) is 12.3. The van der Waals surface area contributed by atoms with Gasteiger partial charge in [0.15, 0.2) is 6.61 Å². The largest absolute Gasteiger partial charge is 0.484 e. The van der Waals surface area contributed by atoms with Crippen molar-refractivity contribution in [1.82, 2.24) is 0 Å². The second-order valence-corrected chi connectivity index (χ2v) is 9.33. The molecule has 0 bridgehead atoms. The summed E-state index contributed by atoms with van der Waals surface area (Å²) in [5.41, 5.74) is 1.62. The Balaban J connectivity index is 1.64. The number of anilines is 2. The van der Waals surface area contributed by atoms with Gasteiger partial charge in [-0.2, -0.15) is 13.2 Å². The molecular formula is C25H25F3N2O4S. The van der Waals surface area contributed by atoms with Gasteiger partial charge in [-0.25, -0.2) is 8.42 Å². The third-order valence-electron chi connectivity index (χ3n) is 5.21. The lowest BCUT2D eigenvalue weighted by molar-refractivity contribution is -0.137. The molecule has 0 saturated heterocycles. The fraction of sp³-hybridized carbons (Fsp3) is 0.240. The van der Waals surface area contributed by atoms with E-state index in [0.29, 0.717) is 6.07 Å². The highest BCUT2D eigenvalue weighted by atomic mass is 32.2. The summed E-state index contributed by atoms with van der Waals surface area (Å²) in [7, 11) is -4.13. The summed E-state index contributed by atoms with van der Waals surface area (Å²) in [6.45, 7) is 3.71. The highest BCUT2D eigenvalue weighted by molar-refractivity contribution is 7.92. The van der Waals surface area contributed by atoms with Crippen LogP contribution in [0.4, 0.5) is 24.5 Å². The summed E-state index contributed by atoms with van der Waals surface area (Å²) in [6.07, 6.45) is -3.08. The molecule has 0 radical (unpaired) electrons. The van der Waals surface area contributed by atoms with Crippen molar-refractivity contribution in [2.24, 2.45) is 0 Å². The molecule has 0 spiro atoms. The first kappa shape index (κ1) is 26.1. The summed E-state index contributed by atoms with van der Waals surface area (Å²) >= 11 is 0. The van der Waals surface area contributed by atoms with Crippen LogP contribution in [0.1, 0.15) is 30.5 Å². The Hall–Kier alpha value is -3.53. The molecule has 10 heteroatoms. The summed E-state index contributed by atoms with van der Waals surface area (Å²) in [6, 6.07) is 15.0. The Labute approximate surface area is 202 Å². The van der Waals surface area contributed by atoms with E-state index < -0.39 is 21.8 Å². The number of carbonyl (C=O) groups excluding carboxylic acids is 1. The Bertz CT molecular complexity index is 1270. The van der Waals surface area contributed by atoms with Gasteiger partial charge in [0.1, 0.15) is 5.75 Å². The number of halogens is 3. The molecule has 0 saturated carbocycles. The maximum atomic E-state index is 12.9. The van der Waals surface area contributed by atoms with Crippen LogP contribution in [0.2, 0.25) is 0 Å². The molecule has 3 rings (SSSR count). The van der Waals surface area contributed by atoms with E-state index >= 15 is 0 Å². The number of carbonyl (C=O) groups is 1. The average molecular weight is 507 g/mol. The lowest BCUT2D eigenvalue weighted by Crippen LogP contribution is -2.21. The van der Waals surface area contributed by atoms with Gasteiger partial charge in [-0.3, -0.25) is 9.52 Å². The van der Waals surface area contributed by atoms with E-state index in [4.69, 9.17) is 4.74 Å². The molecule has 0 aromatic heterocycles. The third-order valence-corrected chi connectivity index (χ3v) is 6.61. The van der Waals surface area contributed by atoms with Crippen molar-refractivity contribution in [1.29, 1.82) is 0 Å². The monoisotopic (exact) mass is 506 g/mol. The topological polar surface area (TPSA) is 84.5 Å². The number of rotatable bonds is 9. The molecule has 0 aliphatic rings. The summed E-state index contributed by atoms with van der Waals surface area (Å²) in [5, 5.41) is 2.88. The van der Waals surface area contributed by atoms with Gasteiger partial charge in [0.25, 0.3) is 15.9 Å². The Morgan fingerprint density at radius 3 is 2.09 bits per heavy atom. The van der Waals surface area contributed by atoms with E-state index in [0.717, 1.165) is 41.8 Å².